The van der Waals surface area contributed by atoms with Crippen molar-refractivity contribution in [3.63, 3.8) is 0 Å². The van der Waals surface area contributed by atoms with Crippen molar-refractivity contribution >= 4 is 34.2 Å². The first kappa shape index (κ1) is 12.6. The Hall–Kier alpha value is -0.820. The van der Waals surface area contributed by atoms with Crippen LogP contribution in [0, 0.1) is 11.8 Å². The van der Waals surface area contributed by atoms with Gasteiger partial charge in [-0.25, -0.2) is 0 Å². The molecule has 1 saturated heterocycles. The molecule has 2 unspecified atom stereocenters. The number of rotatable bonds is 4. The van der Waals surface area contributed by atoms with E-state index in [4.69, 9.17) is 5.11 Å². The maximum absolute atomic E-state index is 10.4. The number of hydrogen-bond donors (Lipinski definition) is 1. The molecular weight excluding hydrogens is 258 g/mol. The van der Waals surface area contributed by atoms with E-state index in [0.717, 1.165) is 22.6 Å². The Morgan fingerprint density at radius 1 is 1.47 bits per heavy atom. The molecule has 0 spiro atoms. The van der Waals surface area contributed by atoms with Crippen LogP contribution in [0.1, 0.15) is 13.8 Å². The molecule has 0 amide bonds. The molecule has 2 atom stereocenters. The lowest BCUT2D eigenvalue weighted by Crippen LogP contribution is -2.19. The summed E-state index contributed by atoms with van der Waals surface area (Å²) in [6.45, 7) is 6.51. The third-order valence-electron chi connectivity index (χ3n) is 2.97. The van der Waals surface area contributed by atoms with Crippen LogP contribution in [0.15, 0.2) is 4.34 Å². The Balaban J connectivity index is 1.96. The predicted octanol–water partition coefficient (Wildman–Crippen LogP) is 1.81. The molecule has 7 heteroatoms. The molecule has 17 heavy (non-hydrogen) atoms. The maximum atomic E-state index is 10.4. The molecule has 0 radical (unpaired) electrons. The van der Waals surface area contributed by atoms with Gasteiger partial charge in [0.1, 0.15) is 0 Å². The molecule has 1 aliphatic heterocycles. The van der Waals surface area contributed by atoms with Gasteiger partial charge in [0.25, 0.3) is 0 Å². The smallest absolute Gasteiger partial charge is 0.313 e. The van der Waals surface area contributed by atoms with E-state index in [2.05, 4.69) is 28.9 Å². The van der Waals surface area contributed by atoms with Gasteiger partial charge >= 0.3 is 5.97 Å². The predicted molar refractivity (Wildman–Crippen MR) is 68.8 cm³/mol. The van der Waals surface area contributed by atoms with E-state index < -0.39 is 5.97 Å². The summed E-state index contributed by atoms with van der Waals surface area (Å²) in [5, 5.41) is 17.6. The minimum atomic E-state index is -0.824. The van der Waals surface area contributed by atoms with Crippen LogP contribution >= 0.6 is 23.1 Å². The van der Waals surface area contributed by atoms with Crippen LogP contribution < -0.4 is 4.90 Å². The highest BCUT2D eigenvalue weighted by Crippen LogP contribution is 2.32. The number of carboxylic acid groups (broad SMARTS) is 1. The lowest BCUT2D eigenvalue weighted by molar-refractivity contribution is -0.133. The van der Waals surface area contributed by atoms with E-state index in [0.29, 0.717) is 11.8 Å². The lowest BCUT2D eigenvalue weighted by Gasteiger charge is -2.12. The van der Waals surface area contributed by atoms with Crippen LogP contribution in [0.3, 0.4) is 0 Å². The van der Waals surface area contributed by atoms with E-state index in [1.165, 1.54) is 23.1 Å². The molecule has 0 saturated carbocycles. The minimum absolute atomic E-state index is 0.0431. The molecule has 5 nitrogen and oxygen atoms in total. The molecule has 94 valence electrons. The second kappa shape index (κ2) is 5.22. The number of thioether (sulfide) groups is 1. The average molecular weight is 273 g/mol. The number of carbonyl (C=O) groups is 1. The first-order valence-electron chi connectivity index (χ1n) is 5.49. The fourth-order valence-corrected chi connectivity index (χ4v) is 3.38. The van der Waals surface area contributed by atoms with Crippen LogP contribution in [0.5, 0.6) is 0 Å². The SMILES string of the molecule is CC1CN(c2nnc(SCC(=O)O)s2)CC1C. The molecule has 1 aliphatic rings. The summed E-state index contributed by atoms with van der Waals surface area (Å²) < 4.78 is 0.731. The van der Waals surface area contributed by atoms with Gasteiger partial charge in [-0.1, -0.05) is 36.9 Å². The number of aromatic nitrogens is 2. The third kappa shape index (κ3) is 3.10. The van der Waals surface area contributed by atoms with Crippen molar-refractivity contribution in [3.8, 4) is 0 Å². The lowest BCUT2D eigenvalue weighted by atomic mass is 10.0. The second-order valence-corrected chi connectivity index (χ2v) is 6.57. The van der Waals surface area contributed by atoms with Gasteiger partial charge in [0.05, 0.1) is 5.75 Å². The van der Waals surface area contributed by atoms with Gasteiger partial charge in [-0.2, -0.15) is 0 Å². The number of hydrogen-bond acceptors (Lipinski definition) is 6. The number of nitrogens with zero attached hydrogens (tertiary/aromatic N) is 3. The summed E-state index contributed by atoms with van der Waals surface area (Å²) in [5.41, 5.74) is 0. The van der Waals surface area contributed by atoms with Gasteiger partial charge in [-0.05, 0) is 11.8 Å². The number of carboxylic acids is 1. The summed E-state index contributed by atoms with van der Waals surface area (Å²) >= 11 is 2.71. The van der Waals surface area contributed by atoms with Crippen LogP contribution in [-0.4, -0.2) is 40.1 Å². The van der Waals surface area contributed by atoms with Crippen molar-refractivity contribution in [2.24, 2.45) is 11.8 Å². The van der Waals surface area contributed by atoms with Crippen molar-refractivity contribution in [1.29, 1.82) is 0 Å². The monoisotopic (exact) mass is 273 g/mol. The molecule has 0 aliphatic carbocycles. The molecule has 1 fully saturated rings. The van der Waals surface area contributed by atoms with Crippen molar-refractivity contribution in [2.75, 3.05) is 23.7 Å². The van der Waals surface area contributed by atoms with Crippen molar-refractivity contribution in [2.45, 2.75) is 18.2 Å². The zero-order valence-electron chi connectivity index (χ0n) is 9.79. The van der Waals surface area contributed by atoms with Crippen LogP contribution in [0.25, 0.3) is 0 Å². The fraction of sp³-hybridized carbons (Fsp3) is 0.700. The van der Waals surface area contributed by atoms with Gasteiger partial charge in [-0.3, -0.25) is 4.79 Å². The molecule has 1 N–H and O–H groups in total. The standard InChI is InChI=1S/C10H15N3O2S2/c1-6-3-13(4-7(6)2)9-11-12-10(17-9)16-5-8(14)15/h6-7H,3-5H2,1-2H3,(H,14,15). The van der Waals surface area contributed by atoms with Crippen molar-refractivity contribution < 1.29 is 9.90 Å². The fourth-order valence-electron chi connectivity index (χ4n) is 1.80. The largest absolute Gasteiger partial charge is 0.481 e. The molecule has 0 bridgehead atoms. The summed E-state index contributed by atoms with van der Waals surface area (Å²) in [4.78, 5) is 12.7. The molecule has 0 aromatic carbocycles. The third-order valence-corrected chi connectivity index (χ3v) is 5.08. The zero-order valence-corrected chi connectivity index (χ0v) is 11.4. The normalized spacial score (nSPS) is 24.2. The molecule has 1 aromatic rings. The zero-order chi connectivity index (χ0) is 12.4. The van der Waals surface area contributed by atoms with E-state index in [9.17, 15) is 4.79 Å². The Morgan fingerprint density at radius 3 is 2.71 bits per heavy atom. The first-order chi connectivity index (χ1) is 8.06. The van der Waals surface area contributed by atoms with Crippen LogP contribution in [-0.2, 0) is 4.79 Å². The second-order valence-electron chi connectivity index (χ2n) is 4.39. The Bertz CT molecular complexity index is 400. The Morgan fingerprint density at radius 2 is 2.12 bits per heavy atom. The van der Waals surface area contributed by atoms with Crippen LogP contribution in [0.2, 0.25) is 0 Å². The topological polar surface area (TPSA) is 66.3 Å². The van der Waals surface area contributed by atoms with E-state index >= 15 is 0 Å². The molecular formula is C10H15N3O2S2. The van der Waals surface area contributed by atoms with E-state index in [1.54, 1.807) is 0 Å². The molecule has 2 rings (SSSR count). The van der Waals surface area contributed by atoms with Gasteiger partial charge in [0.2, 0.25) is 5.13 Å². The first-order valence-corrected chi connectivity index (χ1v) is 7.29. The minimum Gasteiger partial charge on any atom is -0.481 e. The highest BCUT2D eigenvalue weighted by atomic mass is 32.2. The quantitative estimate of drug-likeness (QED) is 0.844. The summed E-state index contributed by atoms with van der Waals surface area (Å²) in [7, 11) is 0. The van der Waals surface area contributed by atoms with Gasteiger partial charge in [0, 0.05) is 13.1 Å². The maximum Gasteiger partial charge on any atom is 0.313 e. The van der Waals surface area contributed by atoms with Gasteiger partial charge in [-0.15, -0.1) is 10.2 Å². The highest BCUT2D eigenvalue weighted by molar-refractivity contribution is 8.01. The van der Waals surface area contributed by atoms with E-state index in [-0.39, 0.29) is 5.75 Å². The van der Waals surface area contributed by atoms with Gasteiger partial charge in [0.15, 0.2) is 4.34 Å². The Kier molecular flexibility index (Phi) is 3.88. The van der Waals surface area contributed by atoms with Crippen LogP contribution in [0.4, 0.5) is 5.13 Å². The Labute approximate surface area is 108 Å². The molecule has 2 heterocycles. The summed E-state index contributed by atoms with van der Waals surface area (Å²) in [6.07, 6.45) is 0. The highest BCUT2D eigenvalue weighted by Gasteiger charge is 2.28. The average Bonchev–Trinajstić information content (AvgIpc) is 2.84. The van der Waals surface area contributed by atoms with Crippen molar-refractivity contribution in [1.82, 2.24) is 10.2 Å². The number of aliphatic carboxylic acids is 1. The van der Waals surface area contributed by atoms with Crippen molar-refractivity contribution in [3.05, 3.63) is 0 Å². The van der Waals surface area contributed by atoms with E-state index in [1.807, 2.05) is 0 Å². The summed E-state index contributed by atoms with van der Waals surface area (Å²) in [6, 6.07) is 0. The molecule has 1 aromatic heterocycles. The number of anilines is 1. The van der Waals surface area contributed by atoms with Gasteiger partial charge < -0.3 is 10.0 Å². The summed E-state index contributed by atoms with van der Waals surface area (Å²) in [5.74, 6) is 0.569.